The number of likely N-dealkylation sites (tertiary alicyclic amines) is 1. The minimum atomic E-state index is -1.48. The molecule has 3 heterocycles. The number of rotatable bonds is 3. The van der Waals surface area contributed by atoms with E-state index in [-0.39, 0.29) is 30.3 Å². The number of piperidine rings is 1. The molecule has 7 nitrogen and oxygen atoms in total. The van der Waals surface area contributed by atoms with E-state index in [2.05, 4.69) is 5.32 Å². The molecule has 1 unspecified atom stereocenters. The van der Waals surface area contributed by atoms with E-state index in [0.717, 1.165) is 5.39 Å². The van der Waals surface area contributed by atoms with Crippen LogP contribution in [0.25, 0.3) is 10.9 Å². The van der Waals surface area contributed by atoms with Gasteiger partial charge in [0.25, 0.3) is 5.56 Å². The molecule has 2 aromatic rings. The molecule has 2 aliphatic rings. The summed E-state index contributed by atoms with van der Waals surface area (Å²) >= 11 is 0. The number of amides is 1. The maximum atomic E-state index is 14.6. The van der Waals surface area contributed by atoms with Gasteiger partial charge >= 0.3 is 6.09 Å². The van der Waals surface area contributed by atoms with Gasteiger partial charge in [0.15, 0.2) is 0 Å². The molecule has 8 heteroatoms. The lowest BCUT2D eigenvalue weighted by molar-refractivity contribution is -0.0158. The third kappa shape index (κ3) is 2.75. The summed E-state index contributed by atoms with van der Waals surface area (Å²) in [6.07, 6.45) is 0.214. The molecule has 1 amide bonds. The molecule has 1 atom stereocenters. The number of nitrogens with one attached hydrogen (secondary N) is 1. The Kier molecular flexibility index (Phi) is 3.96. The van der Waals surface area contributed by atoms with E-state index in [1.54, 1.807) is 12.1 Å². The summed E-state index contributed by atoms with van der Waals surface area (Å²) in [6.45, 7) is 1.41. The number of hydrogen-bond acceptors (Lipinski definition) is 4. The highest BCUT2D eigenvalue weighted by Gasteiger charge is 2.42. The fourth-order valence-corrected chi connectivity index (χ4v) is 4.22. The minimum absolute atomic E-state index is 0.0206. The first kappa shape index (κ1) is 17.0. The van der Waals surface area contributed by atoms with E-state index >= 15 is 0 Å². The standard InChI is InChI=1S/C18H20FN3O4/c19-13-3-1-11-2-4-14(23)22-10-18(26,15(13)16(11)22)9-21-7-5-12(6-8-21)20-17(24)25/h1-4,12,20,26H,5-10H2,(H,24,25). The van der Waals surface area contributed by atoms with Gasteiger partial charge in [0.05, 0.1) is 12.1 Å². The van der Waals surface area contributed by atoms with E-state index in [4.69, 9.17) is 5.11 Å². The number of carboxylic acid groups (broad SMARTS) is 1. The summed E-state index contributed by atoms with van der Waals surface area (Å²) in [6, 6.07) is 5.90. The van der Waals surface area contributed by atoms with Crippen molar-refractivity contribution in [2.24, 2.45) is 0 Å². The largest absolute Gasteiger partial charge is 0.465 e. The van der Waals surface area contributed by atoms with E-state index < -0.39 is 17.5 Å². The topological polar surface area (TPSA) is 94.8 Å². The number of halogens is 1. The van der Waals surface area contributed by atoms with Crippen LogP contribution in [-0.2, 0) is 12.1 Å². The van der Waals surface area contributed by atoms with Gasteiger partial charge in [0.1, 0.15) is 11.4 Å². The summed E-state index contributed by atoms with van der Waals surface area (Å²) in [5.41, 5.74) is -1.10. The van der Waals surface area contributed by atoms with Crippen molar-refractivity contribution >= 4 is 17.0 Å². The number of aromatic nitrogens is 1. The van der Waals surface area contributed by atoms with Crippen LogP contribution in [0.15, 0.2) is 29.1 Å². The molecule has 0 spiro atoms. The lowest BCUT2D eigenvalue weighted by Gasteiger charge is -2.36. The molecule has 2 aliphatic heterocycles. The van der Waals surface area contributed by atoms with Crippen LogP contribution in [0.3, 0.4) is 0 Å². The van der Waals surface area contributed by atoms with Crippen molar-refractivity contribution in [1.29, 1.82) is 0 Å². The van der Waals surface area contributed by atoms with Crippen LogP contribution in [0.2, 0.25) is 0 Å². The molecule has 0 aliphatic carbocycles. The van der Waals surface area contributed by atoms with Gasteiger partial charge in [-0.05, 0) is 36.4 Å². The molecule has 1 fully saturated rings. The van der Waals surface area contributed by atoms with Gasteiger partial charge in [-0.25, -0.2) is 9.18 Å². The predicted molar refractivity (Wildman–Crippen MR) is 92.7 cm³/mol. The Hall–Kier alpha value is -2.45. The van der Waals surface area contributed by atoms with Gasteiger partial charge < -0.3 is 20.1 Å². The number of carbonyl (C=O) groups is 1. The number of nitrogens with zero attached hydrogens (tertiary/aromatic N) is 2. The highest BCUT2D eigenvalue weighted by atomic mass is 19.1. The molecule has 0 saturated carbocycles. The summed E-state index contributed by atoms with van der Waals surface area (Å²) in [4.78, 5) is 24.9. The molecular formula is C18H20FN3O4. The van der Waals surface area contributed by atoms with E-state index in [0.29, 0.717) is 31.4 Å². The van der Waals surface area contributed by atoms with E-state index in [1.165, 1.54) is 16.7 Å². The molecule has 1 saturated heterocycles. The van der Waals surface area contributed by atoms with Gasteiger partial charge in [-0.2, -0.15) is 0 Å². The molecule has 0 bridgehead atoms. The summed E-state index contributed by atoms with van der Waals surface area (Å²) in [7, 11) is 0. The van der Waals surface area contributed by atoms with Crippen molar-refractivity contribution in [2.75, 3.05) is 19.6 Å². The molecule has 1 aromatic heterocycles. The van der Waals surface area contributed by atoms with Crippen LogP contribution in [0.5, 0.6) is 0 Å². The van der Waals surface area contributed by atoms with Crippen molar-refractivity contribution in [3.05, 3.63) is 46.0 Å². The van der Waals surface area contributed by atoms with Crippen molar-refractivity contribution in [2.45, 2.75) is 31.0 Å². The second-order valence-corrected chi connectivity index (χ2v) is 7.15. The smallest absolute Gasteiger partial charge is 0.404 e. The molecular weight excluding hydrogens is 341 g/mol. The first-order valence-electron chi connectivity index (χ1n) is 8.64. The van der Waals surface area contributed by atoms with Crippen LogP contribution in [0, 0.1) is 5.82 Å². The zero-order valence-electron chi connectivity index (χ0n) is 14.1. The van der Waals surface area contributed by atoms with Crippen LogP contribution in [-0.4, -0.2) is 51.4 Å². The summed E-state index contributed by atoms with van der Waals surface area (Å²) in [5.74, 6) is -0.515. The summed E-state index contributed by atoms with van der Waals surface area (Å²) < 4.78 is 16.0. The van der Waals surface area contributed by atoms with E-state index in [1.807, 2.05) is 4.90 Å². The van der Waals surface area contributed by atoms with E-state index in [9.17, 15) is 19.1 Å². The summed E-state index contributed by atoms with van der Waals surface area (Å²) in [5, 5.41) is 23.2. The third-order valence-electron chi connectivity index (χ3n) is 5.39. The van der Waals surface area contributed by atoms with Crippen LogP contribution in [0.4, 0.5) is 9.18 Å². The van der Waals surface area contributed by atoms with Crippen molar-refractivity contribution in [3.63, 3.8) is 0 Å². The monoisotopic (exact) mass is 361 g/mol. The van der Waals surface area contributed by atoms with Crippen molar-refractivity contribution < 1.29 is 19.4 Å². The zero-order valence-corrected chi connectivity index (χ0v) is 14.1. The Morgan fingerprint density at radius 3 is 2.65 bits per heavy atom. The molecule has 0 radical (unpaired) electrons. The molecule has 4 rings (SSSR count). The second-order valence-electron chi connectivity index (χ2n) is 7.15. The Morgan fingerprint density at radius 2 is 1.96 bits per heavy atom. The van der Waals surface area contributed by atoms with Gasteiger partial charge in [-0.1, -0.05) is 0 Å². The fraction of sp³-hybridized carbons (Fsp3) is 0.444. The third-order valence-corrected chi connectivity index (χ3v) is 5.39. The van der Waals surface area contributed by atoms with Gasteiger partial charge in [0, 0.05) is 37.3 Å². The SMILES string of the molecule is O=C(O)NC1CCN(CC2(O)Cn3c(=O)ccc4ccc(F)c2c43)CC1. The first-order valence-corrected chi connectivity index (χ1v) is 8.64. The highest BCUT2D eigenvalue weighted by molar-refractivity contribution is 5.84. The second kappa shape index (κ2) is 6.07. The number of aliphatic hydroxyl groups is 1. The average Bonchev–Trinajstić information content (AvgIpc) is 2.90. The molecule has 3 N–H and O–H groups in total. The van der Waals surface area contributed by atoms with Gasteiger partial charge in [-0.15, -0.1) is 0 Å². The number of β-amino-alcohol motifs (C(OH)–C–C–N with tert-alkyl or cyclic N) is 1. The van der Waals surface area contributed by atoms with Gasteiger partial charge in [-0.3, -0.25) is 9.69 Å². The average molecular weight is 361 g/mol. The normalized spacial score (nSPS) is 23.5. The maximum Gasteiger partial charge on any atom is 0.404 e. The predicted octanol–water partition coefficient (Wildman–Crippen LogP) is 1.07. The lowest BCUT2D eigenvalue weighted by Crippen LogP contribution is -2.49. The number of hydrogen-bond donors (Lipinski definition) is 3. The quantitative estimate of drug-likeness (QED) is 0.760. The Bertz CT molecular complexity index is 936. The van der Waals surface area contributed by atoms with Gasteiger partial charge in [0.2, 0.25) is 0 Å². The molecule has 26 heavy (non-hydrogen) atoms. The number of benzene rings is 1. The van der Waals surface area contributed by atoms with Crippen LogP contribution >= 0.6 is 0 Å². The number of pyridine rings is 1. The molecule has 1 aromatic carbocycles. The Balaban J connectivity index is 1.60. The van der Waals surface area contributed by atoms with Crippen LogP contribution < -0.4 is 10.9 Å². The lowest BCUT2D eigenvalue weighted by atomic mass is 9.92. The first-order chi connectivity index (χ1) is 12.4. The fourth-order valence-electron chi connectivity index (χ4n) is 4.22. The molecule has 138 valence electrons. The van der Waals surface area contributed by atoms with Crippen molar-refractivity contribution in [3.8, 4) is 0 Å². The maximum absolute atomic E-state index is 14.6. The highest BCUT2D eigenvalue weighted by Crippen LogP contribution is 2.38. The zero-order chi connectivity index (χ0) is 18.5. The minimum Gasteiger partial charge on any atom is -0.465 e. The Morgan fingerprint density at radius 1 is 1.27 bits per heavy atom. The Labute approximate surface area is 148 Å². The van der Waals surface area contributed by atoms with Crippen LogP contribution in [0.1, 0.15) is 18.4 Å². The van der Waals surface area contributed by atoms with Crippen molar-refractivity contribution in [1.82, 2.24) is 14.8 Å².